The highest BCUT2D eigenvalue weighted by atomic mass is 32.1. The third-order valence-electron chi connectivity index (χ3n) is 2.09. The van der Waals surface area contributed by atoms with Gasteiger partial charge < -0.3 is 0 Å². The maximum Gasteiger partial charge on any atom is -0.00583 e. The van der Waals surface area contributed by atoms with Crippen molar-refractivity contribution in [2.75, 3.05) is 0 Å². The second kappa shape index (κ2) is 4.80. The molecule has 13 heavy (non-hydrogen) atoms. The van der Waals surface area contributed by atoms with Gasteiger partial charge in [0, 0.05) is 0 Å². The van der Waals surface area contributed by atoms with Gasteiger partial charge in [0.1, 0.15) is 0 Å². The SMILES string of the molecule is CC(C)Cc1cscc1CC(C)C. The molecule has 0 aliphatic rings. The van der Waals surface area contributed by atoms with E-state index in [1.54, 1.807) is 11.1 Å². The summed E-state index contributed by atoms with van der Waals surface area (Å²) in [6.07, 6.45) is 2.48. The Balaban J connectivity index is 2.65. The minimum Gasteiger partial charge on any atom is -0.152 e. The summed E-state index contributed by atoms with van der Waals surface area (Å²) in [5.41, 5.74) is 3.16. The Bertz CT molecular complexity index is 221. The van der Waals surface area contributed by atoms with Crippen LogP contribution in [0.15, 0.2) is 10.8 Å². The lowest BCUT2D eigenvalue weighted by molar-refractivity contribution is 0.618. The molecule has 1 heteroatoms. The van der Waals surface area contributed by atoms with Crippen molar-refractivity contribution in [1.82, 2.24) is 0 Å². The van der Waals surface area contributed by atoms with Crippen LogP contribution in [0.25, 0.3) is 0 Å². The van der Waals surface area contributed by atoms with Gasteiger partial charge in [0.05, 0.1) is 0 Å². The largest absolute Gasteiger partial charge is 0.152 e. The molecule has 0 nitrogen and oxygen atoms in total. The van der Waals surface area contributed by atoms with Crippen molar-refractivity contribution in [3.8, 4) is 0 Å². The summed E-state index contributed by atoms with van der Waals surface area (Å²) in [7, 11) is 0. The van der Waals surface area contributed by atoms with E-state index in [1.165, 1.54) is 12.8 Å². The van der Waals surface area contributed by atoms with Gasteiger partial charge in [-0.15, -0.1) is 0 Å². The Labute approximate surface area is 86.0 Å². The Morgan fingerprint density at radius 2 is 1.31 bits per heavy atom. The van der Waals surface area contributed by atoms with Crippen molar-refractivity contribution in [2.24, 2.45) is 11.8 Å². The molecule has 0 atom stereocenters. The molecular weight excluding hydrogens is 176 g/mol. The highest BCUT2D eigenvalue weighted by Crippen LogP contribution is 2.21. The summed E-state index contributed by atoms with van der Waals surface area (Å²) < 4.78 is 0. The van der Waals surface area contributed by atoms with Crippen LogP contribution >= 0.6 is 11.3 Å². The van der Waals surface area contributed by atoms with E-state index in [1.807, 2.05) is 11.3 Å². The minimum absolute atomic E-state index is 0.778. The molecule has 1 aromatic heterocycles. The molecule has 1 aromatic rings. The smallest absolute Gasteiger partial charge is 0.00583 e. The van der Waals surface area contributed by atoms with Crippen LogP contribution in [0, 0.1) is 11.8 Å². The summed E-state index contributed by atoms with van der Waals surface area (Å²) >= 11 is 1.85. The van der Waals surface area contributed by atoms with E-state index in [9.17, 15) is 0 Å². The molecule has 0 aromatic carbocycles. The number of hydrogen-bond acceptors (Lipinski definition) is 1. The van der Waals surface area contributed by atoms with Crippen LogP contribution < -0.4 is 0 Å². The number of rotatable bonds is 4. The quantitative estimate of drug-likeness (QED) is 0.679. The first-order chi connectivity index (χ1) is 6.09. The molecular formula is C12H20S. The molecule has 0 fully saturated rings. The first-order valence-electron chi connectivity index (χ1n) is 5.13. The molecule has 0 amide bonds. The van der Waals surface area contributed by atoms with Crippen LogP contribution in [0.4, 0.5) is 0 Å². The second-order valence-electron chi connectivity index (χ2n) is 4.62. The molecule has 0 saturated carbocycles. The fourth-order valence-corrected chi connectivity index (χ4v) is 2.48. The summed E-state index contributed by atoms with van der Waals surface area (Å²) in [6, 6.07) is 0. The first-order valence-corrected chi connectivity index (χ1v) is 6.07. The molecule has 0 saturated heterocycles. The molecule has 0 aliphatic carbocycles. The Morgan fingerprint density at radius 1 is 0.923 bits per heavy atom. The van der Waals surface area contributed by atoms with Gasteiger partial charge in [-0.3, -0.25) is 0 Å². The molecule has 0 bridgehead atoms. The van der Waals surface area contributed by atoms with Gasteiger partial charge in [-0.05, 0) is 46.6 Å². The Kier molecular flexibility index (Phi) is 3.98. The van der Waals surface area contributed by atoms with Crippen LogP contribution in [0.3, 0.4) is 0 Å². The summed E-state index contributed by atoms with van der Waals surface area (Å²) in [5.74, 6) is 1.56. The van der Waals surface area contributed by atoms with Crippen molar-refractivity contribution in [2.45, 2.75) is 40.5 Å². The third kappa shape index (κ3) is 3.51. The highest BCUT2D eigenvalue weighted by molar-refractivity contribution is 7.08. The topological polar surface area (TPSA) is 0 Å². The van der Waals surface area contributed by atoms with Gasteiger partial charge in [0.2, 0.25) is 0 Å². The van der Waals surface area contributed by atoms with Gasteiger partial charge in [0.15, 0.2) is 0 Å². The van der Waals surface area contributed by atoms with Gasteiger partial charge in [0.25, 0.3) is 0 Å². The van der Waals surface area contributed by atoms with Gasteiger partial charge >= 0.3 is 0 Å². The van der Waals surface area contributed by atoms with E-state index in [4.69, 9.17) is 0 Å². The summed E-state index contributed by atoms with van der Waals surface area (Å²) in [6.45, 7) is 9.15. The van der Waals surface area contributed by atoms with Crippen molar-refractivity contribution in [1.29, 1.82) is 0 Å². The summed E-state index contributed by atoms with van der Waals surface area (Å²) in [4.78, 5) is 0. The van der Waals surface area contributed by atoms with E-state index in [-0.39, 0.29) is 0 Å². The highest BCUT2D eigenvalue weighted by Gasteiger charge is 2.07. The zero-order valence-electron chi connectivity index (χ0n) is 9.13. The number of hydrogen-bond donors (Lipinski definition) is 0. The fraction of sp³-hybridized carbons (Fsp3) is 0.667. The average Bonchev–Trinajstić information content (AvgIpc) is 2.34. The lowest BCUT2D eigenvalue weighted by atomic mass is 9.97. The van der Waals surface area contributed by atoms with E-state index in [0.717, 1.165) is 11.8 Å². The van der Waals surface area contributed by atoms with Crippen molar-refractivity contribution in [3.63, 3.8) is 0 Å². The van der Waals surface area contributed by atoms with Gasteiger partial charge in [-0.1, -0.05) is 27.7 Å². The Morgan fingerprint density at radius 3 is 1.62 bits per heavy atom. The maximum absolute atomic E-state index is 2.32. The van der Waals surface area contributed by atoms with E-state index in [0.29, 0.717) is 0 Å². The second-order valence-corrected chi connectivity index (χ2v) is 5.36. The normalized spacial score (nSPS) is 11.5. The molecule has 0 N–H and O–H groups in total. The van der Waals surface area contributed by atoms with Crippen molar-refractivity contribution in [3.05, 3.63) is 21.9 Å². The average molecular weight is 196 g/mol. The predicted molar refractivity (Wildman–Crippen MR) is 61.4 cm³/mol. The number of thiophene rings is 1. The lowest BCUT2D eigenvalue weighted by Gasteiger charge is -2.08. The van der Waals surface area contributed by atoms with Gasteiger partial charge in [-0.2, -0.15) is 11.3 Å². The molecule has 0 aliphatic heterocycles. The molecule has 0 spiro atoms. The van der Waals surface area contributed by atoms with Crippen LogP contribution in [0.2, 0.25) is 0 Å². The van der Waals surface area contributed by atoms with Crippen LogP contribution in [0.5, 0.6) is 0 Å². The first kappa shape index (κ1) is 10.8. The molecule has 74 valence electrons. The minimum atomic E-state index is 0.778. The van der Waals surface area contributed by atoms with Crippen molar-refractivity contribution < 1.29 is 0 Å². The van der Waals surface area contributed by atoms with E-state index in [2.05, 4.69) is 38.5 Å². The van der Waals surface area contributed by atoms with Crippen LogP contribution in [-0.2, 0) is 12.8 Å². The van der Waals surface area contributed by atoms with E-state index >= 15 is 0 Å². The standard InChI is InChI=1S/C12H20S/c1-9(2)5-11-7-13-8-12(11)6-10(3)4/h7-10H,5-6H2,1-4H3. The van der Waals surface area contributed by atoms with Gasteiger partial charge in [-0.25, -0.2) is 0 Å². The lowest BCUT2D eigenvalue weighted by Crippen LogP contribution is -1.99. The fourth-order valence-electron chi connectivity index (χ4n) is 1.59. The predicted octanol–water partition coefficient (Wildman–Crippen LogP) is 4.15. The zero-order chi connectivity index (χ0) is 9.84. The summed E-state index contributed by atoms with van der Waals surface area (Å²) in [5, 5.41) is 4.63. The zero-order valence-corrected chi connectivity index (χ0v) is 9.95. The van der Waals surface area contributed by atoms with Crippen LogP contribution in [0.1, 0.15) is 38.8 Å². The van der Waals surface area contributed by atoms with E-state index < -0.39 is 0 Å². The molecule has 1 rings (SSSR count). The molecule has 0 radical (unpaired) electrons. The Hall–Kier alpha value is -0.300. The molecule has 1 heterocycles. The van der Waals surface area contributed by atoms with Crippen molar-refractivity contribution >= 4 is 11.3 Å². The molecule has 0 unspecified atom stereocenters. The third-order valence-corrected chi connectivity index (χ3v) is 2.93. The van der Waals surface area contributed by atoms with Crippen LogP contribution in [-0.4, -0.2) is 0 Å². The monoisotopic (exact) mass is 196 g/mol. The maximum atomic E-state index is 2.32.